The number of nitrogens with zero attached hydrogens (tertiary/aromatic N) is 1. The second-order valence-electron chi connectivity index (χ2n) is 5.22. The molecule has 0 saturated heterocycles. The summed E-state index contributed by atoms with van der Waals surface area (Å²) in [4.78, 5) is 12.1. The van der Waals surface area contributed by atoms with Crippen molar-refractivity contribution in [1.29, 1.82) is 0 Å². The molecule has 0 aliphatic carbocycles. The Bertz CT molecular complexity index is 805. The van der Waals surface area contributed by atoms with Crippen molar-refractivity contribution in [3.8, 4) is 0 Å². The Morgan fingerprint density at radius 2 is 1.95 bits per heavy atom. The molecule has 4 heteroatoms. The lowest BCUT2D eigenvalue weighted by Gasteiger charge is -2.04. The maximum absolute atomic E-state index is 12.1. The monoisotopic (exact) mass is 280 g/mol. The number of nitrogens with one attached hydrogen (secondary N) is 1. The molecule has 1 aromatic heterocycles. The van der Waals surface area contributed by atoms with Crippen LogP contribution in [0.1, 0.15) is 16.8 Å². The number of hydrogen-bond acceptors (Lipinski definition) is 3. The van der Waals surface area contributed by atoms with Gasteiger partial charge in [-0.25, -0.2) is 0 Å². The van der Waals surface area contributed by atoms with Crippen molar-refractivity contribution in [3.63, 3.8) is 0 Å². The van der Waals surface area contributed by atoms with Crippen molar-refractivity contribution in [1.82, 2.24) is 5.16 Å². The highest BCUT2D eigenvalue weighted by Crippen LogP contribution is 2.20. The first-order chi connectivity index (χ1) is 10.1. The number of benzene rings is 2. The quantitative estimate of drug-likeness (QED) is 0.797. The highest BCUT2D eigenvalue weighted by molar-refractivity contribution is 5.94. The molecule has 4 nitrogen and oxygen atoms in total. The lowest BCUT2D eigenvalue weighted by molar-refractivity contribution is -0.115. The second kappa shape index (κ2) is 5.40. The van der Waals surface area contributed by atoms with Crippen LogP contribution >= 0.6 is 0 Å². The second-order valence-corrected chi connectivity index (χ2v) is 5.22. The van der Waals surface area contributed by atoms with Crippen molar-refractivity contribution in [2.75, 3.05) is 5.32 Å². The van der Waals surface area contributed by atoms with Crippen molar-refractivity contribution in [3.05, 3.63) is 59.3 Å². The fourth-order valence-corrected chi connectivity index (χ4v) is 2.31. The van der Waals surface area contributed by atoms with Crippen LogP contribution < -0.4 is 5.32 Å². The van der Waals surface area contributed by atoms with Gasteiger partial charge in [-0.3, -0.25) is 4.79 Å². The molecule has 0 unspecified atom stereocenters. The number of aromatic nitrogens is 1. The zero-order valence-electron chi connectivity index (χ0n) is 12.0. The maximum atomic E-state index is 12.1. The van der Waals surface area contributed by atoms with E-state index in [4.69, 9.17) is 4.52 Å². The number of amides is 1. The Balaban J connectivity index is 1.79. The van der Waals surface area contributed by atoms with E-state index in [0.717, 1.165) is 22.2 Å². The van der Waals surface area contributed by atoms with E-state index in [1.807, 2.05) is 56.3 Å². The Hall–Kier alpha value is -2.62. The predicted molar refractivity (Wildman–Crippen MR) is 82.3 cm³/mol. The molecule has 2 aromatic carbocycles. The zero-order chi connectivity index (χ0) is 14.8. The number of anilines is 1. The van der Waals surface area contributed by atoms with Gasteiger partial charge in [-0.15, -0.1) is 0 Å². The number of hydrogen-bond donors (Lipinski definition) is 1. The Morgan fingerprint density at radius 3 is 2.76 bits per heavy atom. The fraction of sp³-hybridized carbons (Fsp3) is 0.176. The molecule has 1 amide bonds. The van der Waals surface area contributed by atoms with Gasteiger partial charge >= 0.3 is 0 Å². The average molecular weight is 280 g/mol. The minimum absolute atomic E-state index is 0.0997. The Morgan fingerprint density at radius 1 is 1.14 bits per heavy atom. The van der Waals surface area contributed by atoms with Crippen LogP contribution in [0.5, 0.6) is 0 Å². The molecule has 106 valence electrons. The largest absolute Gasteiger partial charge is 0.356 e. The van der Waals surface area contributed by atoms with Gasteiger partial charge < -0.3 is 9.84 Å². The van der Waals surface area contributed by atoms with Gasteiger partial charge in [0.2, 0.25) is 5.91 Å². The number of aryl methyl sites for hydroxylation is 2. The molecular weight excluding hydrogens is 264 g/mol. The SMILES string of the molecule is Cc1cccc(NC(=O)Cc2noc3ccc(C)cc23)c1. The molecule has 0 saturated carbocycles. The molecule has 1 N–H and O–H groups in total. The summed E-state index contributed by atoms with van der Waals surface area (Å²) >= 11 is 0. The molecule has 0 bridgehead atoms. The standard InChI is InChI=1S/C17H16N2O2/c1-11-4-3-5-13(8-11)18-17(20)10-15-14-9-12(2)6-7-16(14)21-19-15/h3-9H,10H2,1-2H3,(H,18,20). The van der Waals surface area contributed by atoms with Gasteiger partial charge in [0.15, 0.2) is 5.58 Å². The molecule has 3 aromatic rings. The summed E-state index contributed by atoms with van der Waals surface area (Å²) in [7, 11) is 0. The number of carbonyl (C=O) groups is 1. The van der Waals surface area contributed by atoms with Crippen molar-refractivity contribution < 1.29 is 9.32 Å². The first kappa shape index (κ1) is 13.4. The molecule has 0 fully saturated rings. The smallest absolute Gasteiger partial charge is 0.230 e. The van der Waals surface area contributed by atoms with Gasteiger partial charge in [0.05, 0.1) is 6.42 Å². The van der Waals surface area contributed by atoms with Gasteiger partial charge in [0.25, 0.3) is 0 Å². The highest BCUT2D eigenvalue weighted by Gasteiger charge is 2.12. The van der Waals surface area contributed by atoms with E-state index in [2.05, 4.69) is 10.5 Å². The van der Waals surface area contributed by atoms with Crippen LogP contribution in [0.25, 0.3) is 11.0 Å². The van der Waals surface area contributed by atoms with Crippen LogP contribution in [0.4, 0.5) is 5.69 Å². The van der Waals surface area contributed by atoms with Crippen LogP contribution in [0.3, 0.4) is 0 Å². The summed E-state index contributed by atoms with van der Waals surface area (Å²) in [6, 6.07) is 13.5. The van der Waals surface area contributed by atoms with E-state index in [1.165, 1.54) is 0 Å². The molecule has 21 heavy (non-hydrogen) atoms. The van der Waals surface area contributed by atoms with Crippen molar-refractivity contribution in [2.45, 2.75) is 20.3 Å². The molecule has 0 atom stereocenters. The van der Waals surface area contributed by atoms with Gasteiger partial charge in [-0.2, -0.15) is 0 Å². The average Bonchev–Trinajstić information content (AvgIpc) is 2.81. The summed E-state index contributed by atoms with van der Waals surface area (Å²) in [6.45, 7) is 3.99. The van der Waals surface area contributed by atoms with E-state index in [1.54, 1.807) is 0 Å². The van der Waals surface area contributed by atoms with Crippen LogP contribution in [0.2, 0.25) is 0 Å². The van der Waals surface area contributed by atoms with E-state index in [0.29, 0.717) is 11.3 Å². The van der Waals surface area contributed by atoms with Crippen LogP contribution in [-0.4, -0.2) is 11.1 Å². The molecule has 0 spiro atoms. The Kier molecular flexibility index (Phi) is 3.44. The van der Waals surface area contributed by atoms with Gasteiger partial charge in [0.1, 0.15) is 5.69 Å². The third kappa shape index (κ3) is 2.94. The first-order valence-electron chi connectivity index (χ1n) is 6.83. The predicted octanol–water partition coefficient (Wildman–Crippen LogP) is 3.63. The lowest BCUT2D eigenvalue weighted by Crippen LogP contribution is -2.14. The van der Waals surface area contributed by atoms with Crippen molar-refractivity contribution >= 4 is 22.6 Å². The summed E-state index contributed by atoms with van der Waals surface area (Å²) in [6.07, 6.45) is 0.199. The minimum atomic E-state index is -0.0997. The number of fused-ring (bicyclic) bond motifs is 1. The van der Waals surface area contributed by atoms with Gasteiger partial charge in [-0.05, 0) is 43.7 Å². The zero-order valence-corrected chi connectivity index (χ0v) is 12.0. The van der Waals surface area contributed by atoms with Crippen LogP contribution in [-0.2, 0) is 11.2 Å². The highest BCUT2D eigenvalue weighted by atomic mass is 16.5. The van der Waals surface area contributed by atoms with E-state index < -0.39 is 0 Å². The normalized spacial score (nSPS) is 10.8. The third-order valence-corrected chi connectivity index (χ3v) is 3.33. The van der Waals surface area contributed by atoms with E-state index in [-0.39, 0.29) is 12.3 Å². The summed E-state index contributed by atoms with van der Waals surface area (Å²) in [5, 5.41) is 7.78. The maximum Gasteiger partial charge on any atom is 0.230 e. The molecule has 1 heterocycles. The number of rotatable bonds is 3. The topological polar surface area (TPSA) is 55.1 Å². The lowest BCUT2D eigenvalue weighted by atomic mass is 10.1. The van der Waals surface area contributed by atoms with Crippen LogP contribution in [0, 0.1) is 13.8 Å². The van der Waals surface area contributed by atoms with Gasteiger partial charge in [0, 0.05) is 11.1 Å². The molecule has 0 aliphatic heterocycles. The molecule has 0 radical (unpaired) electrons. The summed E-state index contributed by atoms with van der Waals surface area (Å²) in [5.74, 6) is -0.0997. The summed E-state index contributed by atoms with van der Waals surface area (Å²) < 4.78 is 5.24. The molecule has 0 aliphatic rings. The molecular formula is C17H16N2O2. The van der Waals surface area contributed by atoms with Gasteiger partial charge in [-0.1, -0.05) is 28.9 Å². The fourth-order valence-electron chi connectivity index (χ4n) is 2.31. The van der Waals surface area contributed by atoms with E-state index in [9.17, 15) is 4.79 Å². The molecule has 3 rings (SSSR count). The van der Waals surface area contributed by atoms with Crippen molar-refractivity contribution in [2.24, 2.45) is 0 Å². The number of carbonyl (C=O) groups excluding carboxylic acids is 1. The minimum Gasteiger partial charge on any atom is -0.356 e. The summed E-state index contributed by atoms with van der Waals surface area (Å²) in [5.41, 5.74) is 4.39. The first-order valence-corrected chi connectivity index (χ1v) is 6.83. The van der Waals surface area contributed by atoms with E-state index >= 15 is 0 Å². The Labute approximate surface area is 122 Å². The third-order valence-electron chi connectivity index (χ3n) is 3.33. The van der Waals surface area contributed by atoms with Crippen LogP contribution in [0.15, 0.2) is 47.0 Å².